The number of fused-ring (bicyclic) bond motifs is 1. The van der Waals surface area contributed by atoms with Crippen molar-refractivity contribution in [2.24, 2.45) is 0 Å². The van der Waals surface area contributed by atoms with Crippen molar-refractivity contribution in [2.75, 3.05) is 25.7 Å². The molecular weight excluding hydrogens is 412 g/mol. The number of amides is 1. The molecular formula is C24H22N2O4S. The van der Waals surface area contributed by atoms with E-state index in [1.54, 1.807) is 19.1 Å². The number of benzene rings is 3. The first-order chi connectivity index (χ1) is 15.2. The van der Waals surface area contributed by atoms with Gasteiger partial charge >= 0.3 is 0 Å². The first-order valence-electron chi connectivity index (χ1n) is 9.73. The van der Waals surface area contributed by atoms with Crippen LogP contribution in [-0.4, -0.2) is 31.7 Å². The summed E-state index contributed by atoms with van der Waals surface area (Å²) in [5, 5.41) is 0.559. The van der Waals surface area contributed by atoms with E-state index >= 15 is 0 Å². The number of ether oxygens (including phenoxy) is 3. The van der Waals surface area contributed by atoms with Crippen LogP contribution in [0.25, 0.3) is 10.2 Å². The molecule has 1 heterocycles. The molecule has 4 rings (SSSR count). The van der Waals surface area contributed by atoms with Crippen LogP contribution in [0.5, 0.6) is 17.2 Å². The number of para-hydroxylation sites is 1. The summed E-state index contributed by atoms with van der Waals surface area (Å²) >= 11 is 1.39. The SMILES string of the molecule is COc1ccc(OC)c2sc(N(Cc3ccccc3)C(=O)COc3ccccc3)nc12. The van der Waals surface area contributed by atoms with Gasteiger partial charge in [0.05, 0.1) is 20.8 Å². The van der Waals surface area contributed by atoms with Crippen molar-refractivity contribution in [3.63, 3.8) is 0 Å². The zero-order valence-electron chi connectivity index (χ0n) is 17.3. The van der Waals surface area contributed by atoms with Crippen LogP contribution in [-0.2, 0) is 11.3 Å². The standard InChI is InChI=1S/C24H22N2O4S/c1-28-19-13-14-20(29-2)23-22(19)25-24(31-23)26(15-17-9-5-3-6-10-17)21(27)16-30-18-11-7-4-8-12-18/h3-14H,15-16H2,1-2H3. The van der Waals surface area contributed by atoms with Gasteiger partial charge < -0.3 is 14.2 Å². The fourth-order valence-corrected chi connectivity index (χ4v) is 4.25. The Morgan fingerprint density at radius 3 is 2.23 bits per heavy atom. The van der Waals surface area contributed by atoms with E-state index in [9.17, 15) is 4.79 Å². The maximum absolute atomic E-state index is 13.2. The minimum absolute atomic E-state index is 0.0962. The Morgan fingerprint density at radius 1 is 0.903 bits per heavy atom. The van der Waals surface area contributed by atoms with Gasteiger partial charge in [-0.25, -0.2) is 4.98 Å². The van der Waals surface area contributed by atoms with E-state index in [0.717, 1.165) is 10.3 Å². The second-order valence-corrected chi connectivity index (χ2v) is 7.69. The predicted molar refractivity (Wildman–Crippen MR) is 122 cm³/mol. The number of hydrogen-bond acceptors (Lipinski definition) is 6. The third-order valence-corrected chi connectivity index (χ3v) is 5.81. The van der Waals surface area contributed by atoms with Crippen molar-refractivity contribution >= 4 is 32.6 Å². The van der Waals surface area contributed by atoms with Gasteiger partial charge in [0.25, 0.3) is 5.91 Å². The Kier molecular flexibility index (Phi) is 6.33. The summed E-state index contributed by atoms with van der Waals surface area (Å²) in [5.41, 5.74) is 1.66. The molecule has 0 saturated heterocycles. The Balaban J connectivity index is 1.69. The van der Waals surface area contributed by atoms with Crippen LogP contribution in [0.2, 0.25) is 0 Å². The minimum Gasteiger partial charge on any atom is -0.495 e. The molecule has 0 aliphatic rings. The van der Waals surface area contributed by atoms with Gasteiger partial charge in [-0.15, -0.1) is 0 Å². The summed E-state index contributed by atoms with van der Waals surface area (Å²) in [4.78, 5) is 19.6. The molecule has 0 spiro atoms. The maximum atomic E-state index is 13.2. The lowest BCUT2D eigenvalue weighted by Gasteiger charge is -2.20. The molecule has 4 aromatic rings. The van der Waals surface area contributed by atoms with Gasteiger partial charge in [0.2, 0.25) is 0 Å². The molecule has 158 valence electrons. The van der Waals surface area contributed by atoms with Crippen molar-refractivity contribution < 1.29 is 19.0 Å². The quantitative estimate of drug-likeness (QED) is 0.394. The molecule has 3 aromatic carbocycles. The van der Waals surface area contributed by atoms with E-state index in [1.807, 2.05) is 72.8 Å². The topological polar surface area (TPSA) is 60.9 Å². The normalized spacial score (nSPS) is 10.6. The van der Waals surface area contributed by atoms with Gasteiger partial charge in [-0.2, -0.15) is 0 Å². The van der Waals surface area contributed by atoms with Crippen LogP contribution in [0.1, 0.15) is 5.56 Å². The smallest absolute Gasteiger partial charge is 0.267 e. The molecule has 0 aliphatic heterocycles. The van der Waals surface area contributed by atoms with Crippen LogP contribution < -0.4 is 19.1 Å². The van der Waals surface area contributed by atoms with Crippen LogP contribution in [0.15, 0.2) is 72.8 Å². The first kappa shape index (κ1) is 20.7. The number of carbonyl (C=O) groups excluding carboxylic acids is 1. The van der Waals surface area contributed by atoms with Crippen LogP contribution in [0.4, 0.5) is 5.13 Å². The average molecular weight is 435 g/mol. The minimum atomic E-state index is -0.190. The Morgan fingerprint density at radius 2 is 1.55 bits per heavy atom. The van der Waals surface area contributed by atoms with Crippen LogP contribution in [0, 0.1) is 0 Å². The molecule has 0 aliphatic carbocycles. The van der Waals surface area contributed by atoms with E-state index < -0.39 is 0 Å². The number of aromatic nitrogens is 1. The third kappa shape index (κ3) is 4.62. The third-order valence-electron chi connectivity index (χ3n) is 4.72. The van der Waals surface area contributed by atoms with E-state index in [0.29, 0.717) is 34.4 Å². The van der Waals surface area contributed by atoms with E-state index in [1.165, 1.54) is 11.3 Å². The molecule has 0 atom stereocenters. The van der Waals surface area contributed by atoms with Gasteiger partial charge in [-0.1, -0.05) is 59.9 Å². The van der Waals surface area contributed by atoms with Crippen LogP contribution in [0.3, 0.4) is 0 Å². The lowest BCUT2D eigenvalue weighted by atomic mass is 10.2. The van der Waals surface area contributed by atoms with Gasteiger partial charge in [0, 0.05) is 0 Å². The highest BCUT2D eigenvalue weighted by Gasteiger charge is 2.23. The first-order valence-corrected chi connectivity index (χ1v) is 10.5. The molecule has 0 bridgehead atoms. The molecule has 0 fully saturated rings. The van der Waals surface area contributed by atoms with Gasteiger partial charge in [0.1, 0.15) is 27.5 Å². The molecule has 0 N–H and O–H groups in total. The maximum Gasteiger partial charge on any atom is 0.267 e. The number of anilines is 1. The number of nitrogens with zero attached hydrogens (tertiary/aromatic N) is 2. The van der Waals surface area contributed by atoms with Crippen molar-refractivity contribution in [1.82, 2.24) is 4.98 Å². The molecule has 0 radical (unpaired) electrons. The summed E-state index contributed by atoms with van der Waals surface area (Å²) in [7, 11) is 3.21. The fraction of sp³-hybridized carbons (Fsp3) is 0.167. The van der Waals surface area contributed by atoms with Crippen molar-refractivity contribution in [3.8, 4) is 17.2 Å². The second kappa shape index (κ2) is 9.49. The molecule has 7 heteroatoms. The summed E-state index contributed by atoms with van der Waals surface area (Å²) < 4.78 is 17.5. The lowest BCUT2D eigenvalue weighted by Crippen LogP contribution is -2.34. The number of methoxy groups -OCH3 is 2. The fourth-order valence-electron chi connectivity index (χ4n) is 3.16. The Hall–Kier alpha value is -3.58. The number of thiazole rings is 1. The second-order valence-electron chi connectivity index (χ2n) is 6.71. The monoisotopic (exact) mass is 434 g/mol. The zero-order chi connectivity index (χ0) is 21.6. The molecule has 0 saturated carbocycles. The van der Waals surface area contributed by atoms with Crippen molar-refractivity contribution in [1.29, 1.82) is 0 Å². The molecule has 1 amide bonds. The Labute approximate surface area is 184 Å². The van der Waals surface area contributed by atoms with E-state index in [-0.39, 0.29) is 12.5 Å². The van der Waals surface area contributed by atoms with Crippen LogP contribution >= 0.6 is 11.3 Å². The van der Waals surface area contributed by atoms with Gasteiger partial charge in [0.15, 0.2) is 11.7 Å². The number of rotatable bonds is 8. The lowest BCUT2D eigenvalue weighted by molar-refractivity contribution is -0.120. The molecule has 0 unspecified atom stereocenters. The summed E-state index contributed by atoms with van der Waals surface area (Å²) in [6.07, 6.45) is 0. The Bertz CT molecular complexity index is 1120. The van der Waals surface area contributed by atoms with Crippen molar-refractivity contribution in [3.05, 3.63) is 78.4 Å². The molecule has 1 aromatic heterocycles. The highest BCUT2D eigenvalue weighted by molar-refractivity contribution is 7.22. The van der Waals surface area contributed by atoms with Gasteiger partial charge in [-0.3, -0.25) is 9.69 Å². The average Bonchev–Trinajstić information content (AvgIpc) is 3.27. The van der Waals surface area contributed by atoms with Gasteiger partial charge in [-0.05, 0) is 29.8 Å². The number of carbonyl (C=O) groups is 1. The largest absolute Gasteiger partial charge is 0.495 e. The predicted octanol–water partition coefficient (Wildman–Crippen LogP) is 4.93. The zero-order valence-corrected chi connectivity index (χ0v) is 18.1. The summed E-state index contributed by atoms with van der Waals surface area (Å²) in [6.45, 7) is 0.281. The van der Waals surface area contributed by atoms with Crippen molar-refractivity contribution in [2.45, 2.75) is 6.54 Å². The molecule has 6 nitrogen and oxygen atoms in total. The highest BCUT2D eigenvalue weighted by Crippen LogP contribution is 2.40. The highest BCUT2D eigenvalue weighted by atomic mass is 32.1. The summed E-state index contributed by atoms with van der Waals surface area (Å²) in [5.74, 6) is 1.77. The summed E-state index contributed by atoms with van der Waals surface area (Å²) in [6, 6.07) is 22.7. The van der Waals surface area contributed by atoms with E-state index in [4.69, 9.17) is 19.2 Å². The van der Waals surface area contributed by atoms with E-state index in [2.05, 4.69) is 0 Å². The number of hydrogen-bond donors (Lipinski definition) is 0. The molecule has 31 heavy (non-hydrogen) atoms.